The summed E-state index contributed by atoms with van der Waals surface area (Å²) in [5.74, 6) is 0.171. The van der Waals surface area contributed by atoms with E-state index in [1.807, 2.05) is 19.9 Å². The molecule has 0 bridgehead atoms. The minimum atomic E-state index is -0.114. The number of aromatic nitrogens is 1. The fraction of sp³-hybridized carbons (Fsp3) is 0.500. The number of carbonyl (C=O) groups excluding carboxylic acids is 1. The van der Waals surface area contributed by atoms with Gasteiger partial charge in [0.1, 0.15) is 0 Å². The first kappa shape index (κ1) is 12.6. The molecular weight excluding hydrogens is 204 g/mol. The molecule has 4 nitrogen and oxygen atoms in total. The zero-order valence-electron chi connectivity index (χ0n) is 9.73. The zero-order chi connectivity index (χ0) is 12.0. The van der Waals surface area contributed by atoms with Gasteiger partial charge in [-0.3, -0.25) is 9.78 Å². The van der Waals surface area contributed by atoms with E-state index in [9.17, 15) is 4.79 Å². The van der Waals surface area contributed by atoms with Crippen molar-refractivity contribution in [2.45, 2.75) is 20.3 Å². The summed E-state index contributed by atoms with van der Waals surface area (Å²) in [7, 11) is 0. The Morgan fingerprint density at radius 3 is 2.88 bits per heavy atom. The third-order valence-corrected chi connectivity index (χ3v) is 2.41. The van der Waals surface area contributed by atoms with Crippen molar-refractivity contribution in [3.8, 4) is 0 Å². The fourth-order valence-electron chi connectivity index (χ4n) is 1.29. The number of rotatable bonds is 5. The Bertz CT molecular complexity index is 335. The van der Waals surface area contributed by atoms with Gasteiger partial charge in [-0.2, -0.15) is 0 Å². The van der Waals surface area contributed by atoms with Crippen LogP contribution in [0.1, 0.15) is 29.4 Å². The number of carbonyl (C=O) groups is 1. The lowest BCUT2D eigenvalue weighted by molar-refractivity contribution is 0.0945. The molecule has 0 saturated carbocycles. The first-order valence-electron chi connectivity index (χ1n) is 5.45. The maximum absolute atomic E-state index is 11.7. The van der Waals surface area contributed by atoms with Gasteiger partial charge in [-0.05, 0) is 31.4 Å². The smallest absolute Gasteiger partial charge is 0.252 e. The normalized spacial score (nSPS) is 12.2. The van der Waals surface area contributed by atoms with Gasteiger partial charge in [-0.15, -0.1) is 0 Å². The number of nitrogens with one attached hydrogen (secondary N) is 1. The summed E-state index contributed by atoms with van der Waals surface area (Å²) in [5, 5.41) is 11.5. The molecule has 1 heterocycles. The minimum absolute atomic E-state index is 0.114. The van der Waals surface area contributed by atoms with Crippen LogP contribution in [0.5, 0.6) is 0 Å². The molecule has 4 heteroatoms. The second kappa shape index (κ2) is 6.23. The number of aryl methyl sites for hydroxylation is 1. The molecule has 0 spiro atoms. The number of hydrogen-bond donors (Lipinski definition) is 2. The number of pyridine rings is 1. The molecular formula is C12H18N2O2. The second-order valence-corrected chi connectivity index (χ2v) is 4.02. The van der Waals surface area contributed by atoms with Crippen LogP contribution in [0.2, 0.25) is 0 Å². The van der Waals surface area contributed by atoms with E-state index in [0.29, 0.717) is 18.5 Å². The molecule has 0 aliphatic heterocycles. The fourth-order valence-corrected chi connectivity index (χ4v) is 1.29. The summed E-state index contributed by atoms with van der Waals surface area (Å²) < 4.78 is 0. The van der Waals surface area contributed by atoms with E-state index >= 15 is 0 Å². The summed E-state index contributed by atoms with van der Waals surface area (Å²) in [6.07, 6.45) is 2.27. The highest BCUT2D eigenvalue weighted by molar-refractivity contribution is 5.93. The number of amides is 1. The first-order valence-corrected chi connectivity index (χ1v) is 5.45. The van der Waals surface area contributed by atoms with Gasteiger partial charge >= 0.3 is 0 Å². The summed E-state index contributed by atoms with van der Waals surface area (Å²) in [5.41, 5.74) is 1.46. The lowest BCUT2D eigenvalue weighted by Crippen LogP contribution is -2.28. The van der Waals surface area contributed by atoms with Gasteiger partial charge in [0.05, 0.1) is 5.56 Å². The van der Waals surface area contributed by atoms with E-state index in [-0.39, 0.29) is 18.4 Å². The van der Waals surface area contributed by atoms with Crippen molar-refractivity contribution >= 4 is 5.91 Å². The van der Waals surface area contributed by atoms with Crippen LogP contribution in [-0.4, -0.2) is 29.1 Å². The molecule has 1 rings (SSSR count). The summed E-state index contributed by atoms with van der Waals surface area (Å²) in [6, 6.07) is 3.57. The molecule has 0 fully saturated rings. The zero-order valence-corrected chi connectivity index (χ0v) is 9.73. The van der Waals surface area contributed by atoms with Crippen LogP contribution in [0.15, 0.2) is 18.3 Å². The number of nitrogens with zero attached hydrogens (tertiary/aromatic N) is 1. The molecule has 0 radical (unpaired) electrons. The van der Waals surface area contributed by atoms with Crippen LogP contribution in [-0.2, 0) is 0 Å². The van der Waals surface area contributed by atoms with Gasteiger partial charge in [0, 0.05) is 25.0 Å². The average molecular weight is 222 g/mol. The standard InChI is InChI=1S/C12H18N2O2/c1-9(5-6-15)7-14-12(16)11-4-3-10(2)13-8-11/h3-4,8-9,15H,5-7H2,1-2H3,(H,14,16). The molecule has 0 aliphatic carbocycles. The van der Waals surface area contributed by atoms with Crippen molar-refractivity contribution in [2.24, 2.45) is 5.92 Å². The highest BCUT2D eigenvalue weighted by atomic mass is 16.3. The Morgan fingerprint density at radius 2 is 2.31 bits per heavy atom. The van der Waals surface area contributed by atoms with E-state index in [1.165, 1.54) is 0 Å². The van der Waals surface area contributed by atoms with Gasteiger partial charge in [-0.25, -0.2) is 0 Å². The molecule has 1 aromatic rings. The minimum Gasteiger partial charge on any atom is -0.396 e. The third kappa shape index (κ3) is 3.98. The van der Waals surface area contributed by atoms with Crippen LogP contribution < -0.4 is 5.32 Å². The van der Waals surface area contributed by atoms with Crippen LogP contribution in [0.4, 0.5) is 0 Å². The Labute approximate surface area is 95.7 Å². The van der Waals surface area contributed by atoms with Gasteiger partial charge in [-0.1, -0.05) is 6.92 Å². The summed E-state index contributed by atoms with van der Waals surface area (Å²) in [6.45, 7) is 4.60. The van der Waals surface area contributed by atoms with E-state index in [4.69, 9.17) is 5.11 Å². The van der Waals surface area contributed by atoms with Crippen molar-refractivity contribution in [3.05, 3.63) is 29.6 Å². The molecule has 0 aromatic carbocycles. The van der Waals surface area contributed by atoms with Crippen molar-refractivity contribution in [2.75, 3.05) is 13.2 Å². The molecule has 1 aromatic heterocycles. The van der Waals surface area contributed by atoms with Crippen LogP contribution in [0.3, 0.4) is 0 Å². The molecule has 1 unspecified atom stereocenters. The maximum atomic E-state index is 11.7. The summed E-state index contributed by atoms with van der Waals surface area (Å²) in [4.78, 5) is 15.7. The van der Waals surface area contributed by atoms with Gasteiger partial charge in [0.2, 0.25) is 0 Å². The number of hydrogen-bond acceptors (Lipinski definition) is 3. The monoisotopic (exact) mass is 222 g/mol. The first-order chi connectivity index (χ1) is 7.63. The lowest BCUT2D eigenvalue weighted by atomic mass is 10.1. The van der Waals surface area contributed by atoms with Crippen molar-refractivity contribution in [1.82, 2.24) is 10.3 Å². The predicted octanol–water partition coefficient (Wildman–Crippen LogP) is 1.14. The van der Waals surface area contributed by atoms with E-state index < -0.39 is 0 Å². The predicted molar refractivity (Wildman–Crippen MR) is 62.2 cm³/mol. The number of aliphatic hydroxyl groups is 1. The van der Waals surface area contributed by atoms with E-state index in [0.717, 1.165) is 5.69 Å². The van der Waals surface area contributed by atoms with Crippen molar-refractivity contribution in [1.29, 1.82) is 0 Å². The van der Waals surface area contributed by atoms with Crippen LogP contribution in [0, 0.1) is 12.8 Å². The van der Waals surface area contributed by atoms with Crippen molar-refractivity contribution in [3.63, 3.8) is 0 Å². The molecule has 0 saturated heterocycles. The topological polar surface area (TPSA) is 62.2 Å². The molecule has 16 heavy (non-hydrogen) atoms. The SMILES string of the molecule is Cc1ccc(C(=O)NCC(C)CCO)cn1. The highest BCUT2D eigenvalue weighted by Crippen LogP contribution is 2.01. The highest BCUT2D eigenvalue weighted by Gasteiger charge is 2.07. The third-order valence-electron chi connectivity index (χ3n) is 2.41. The molecule has 2 N–H and O–H groups in total. The molecule has 88 valence electrons. The van der Waals surface area contributed by atoms with Crippen LogP contribution >= 0.6 is 0 Å². The van der Waals surface area contributed by atoms with Gasteiger partial charge in [0.25, 0.3) is 5.91 Å². The van der Waals surface area contributed by atoms with Crippen LogP contribution in [0.25, 0.3) is 0 Å². The second-order valence-electron chi connectivity index (χ2n) is 4.02. The quantitative estimate of drug-likeness (QED) is 0.785. The Hall–Kier alpha value is -1.42. The van der Waals surface area contributed by atoms with E-state index in [1.54, 1.807) is 12.3 Å². The van der Waals surface area contributed by atoms with Gasteiger partial charge < -0.3 is 10.4 Å². The Kier molecular flexibility index (Phi) is 4.92. The number of aliphatic hydroxyl groups excluding tert-OH is 1. The van der Waals surface area contributed by atoms with Crippen molar-refractivity contribution < 1.29 is 9.90 Å². The molecule has 1 atom stereocenters. The lowest BCUT2D eigenvalue weighted by Gasteiger charge is -2.10. The molecule has 0 aliphatic rings. The largest absolute Gasteiger partial charge is 0.396 e. The Morgan fingerprint density at radius 1 is 1.56 bits per heavy atom. The molecule has 1 amide bonds. The van der Waals surface area contributed by atoms with E-state index in [2.05, 4.69) is 10.3 Å². The Balaban J connectivity index is 2.43. The summed E-state index contributed by atoms with van der Waals surface area (Å²) >= 11 is 0. The average Bonchev–Trinajstić information content (AvgIpc) is 2.27. The maximum Gasteiger partial charge on any atom is 0.252 e. The van der Waals surface area contributed by atoms with Gasteiger partial charge in [0.15, 0.2) is 0 Å².